The fourth-order valence-electron chi connectivity index (χ4n) is 0.411. The first kappa shape index (κ1) is 14.2. The largest absolute Gasteiger partial charge is 0.704 e. The molecule has 82 valence electrons. The lowest BCUT2D eigenvalue weighted by molar-refractivity contribution is -0.111. The Bertz CT molecular complexity index is 289. The molecule has 0 aliphatic carbocycles. The predicted molar refractivity (Wildman–Crippen MR) is 44.2 cm³/mol. The third-order valence-electron chi connectivity index (χ3n) is 0.843. The van der Waals surface area contributed by atoms with Gasteiger partial charge in [-0.1, -0.05) is 0 Å². The van der Waals surface area contributed by atoms with Gasteiger partial charge < -0.3 is 4.89 Å². The summed E-state index contributed by atoms with van der Waals surface area (Å²) in [6, 6.07) is 0. The van der Waals surface area contributed by atoms with Gasteiger partial charge in [0.25, 0.3) is 5.52 Å². The Morgan fingerprint density at radius 1 is 1.43 bits per heavy atom. The van der Waals surface area contributed by atoms with Crippen LogP contribution in [0.3, 0.4) is 0 Å². The highest BCUT2D eigenvalue weighted by Crippen LogP contribution is 2.55. The first-order valence-corrected chi connectivity index (χ1v) is 7.37. The highest BCUT2D eigenvalue weighted by atomic mass is 31.2. The second-order valence-electron chi connectivity index (χ2n) is 2.08. The van der Waals surface area contributed by atoms with Crippen molar-refractivity contribution in [2.24, 2.45) is 0 Å². The van der Waals surface area contributed by atoms with Crippen molar-refractivity contribution < 1.29 is 42.7 Å². The predicted octanol–water partition coefficient (Wildman–Crippen LogP) is -0.896. The molecule has 0 fully saturated rings. The lowest BCUT2D eigenvalue weighted by Crippen LogP contribution is -2.09. The van der Waals surface area contributed by atoms with E-state index in [-0.39, 0.29) is 0 Å². The molecule has 0 aromatic rings. The minimum absolute atomic E-state index is 1.41. The average molecular weight is 268 g/mol. The van der Waals surface area contributed by atoms with Crippen molar-refractivity contribution in [3.05, 3.63) is 0 Å². The van der Waals surface area contributed by atoms with Crippen molar-refractivity contribution in [2.75, 3.05) is 6.16 Å². The highest BCUT2D eigenvalue weighted by Gasteiger charge is 2.48. The van der Waals surface area contributed by atoms with E-state index >= 15 is 0 Å². The van der Waals surface area contributed by atoms with Crippen LogP contribution < -0.4 is 0 Å². The van der Waals surface area contributed by atoms with E-state index in [4.69, 9.17) is 24.5 Å². The summed E-state index contributed by atoms with van der Waals surface area (Å²) in [5, 5.41) is 0. The van der Waals surface area contributed by atoms with Gasteiger partial charge in [0.1, 0.15) is 0 Å². The molecule has 0 saturated heterocycles. The lowest BCUT2D eigenvalue weighted by Gasteiger charge is -2.03. The van der Waals surface area contributed by atoms with Gasteiger partial charge in [-0.3, -0.25) is 4.79 Å². The maximum Gasteiger partial charge on any atom is 0.704 e. The Morgan fingerprint density at radius 3 is 2.14 bits per heavy atom. The smallest absolute Gasteiger partial charge is 0.316 e. The van der Waals surface area contributed by atoms with Gasteiger partial charge in [0.15, 0.2) is 0 Å². The van der Waals surface area contributed by atoms with Crippen LogP contribution in [0.15, 0.2) is 0 Å². The summed E-state index contributed by atoms with van der Waals surface area (Å²) in [6.45, 7) is 0. The van der Waals surface area contributed by atoms with E-state index < -0.39 is 35.5 Å². The van der Waals surface area contributed by atoms with Crippen LogP contribution in [-0.2, 0) is 18.2 Å². The molecule has 0 spiro atoms. The summed E-state index contributed by atoms with van der Waals surface area (Å²) in [5.74, 6) is 0. The second-order valence-corrected chi connectivity index (χ2v) is 6.45. The Labute approximate surface area is 79.0 Å². The van der Waals surface area contributed by atoms with E-state index in [9.17, 15) is 13.9 Å². The van der Waals surface area contributed by atoms with Gasteiger partial charge >= 0.3 is 23.8 Å². The highest BCUT2D eigenvalue weighted by molar-refractivity contribution is 7.77. The SMILES string of the molecule is O=C(C[P+](O)(O)O)P(=O)(O)O[P+](=O)O. The summed E-state index contributed by atoms with van der Waals surface area (Å²) in [6.07, 6.45) is -1.41. The quantitative estimate of drug-likeness (QED) is 0.398. The average Bonchev–Trinajstić information content (AvgIpc) is 1.79. The number of carbonyl (C=O) groups is 1. The van der Waals surface area contributed by atoms with Crippen LogP contribution in [0.4, 0.5) is 0 Å². The molecular formula is C2H7O9P3+2. The van der Waals surface area contributed by atoms with E-state index in [0.717, 1.165) is 0 Å². The third kappa shape index (κ3) is 5.82. The van der Waals surface area contributed by atoms with Gasteiger partial charge in [-0.25, -0.2) is 4.57 Å². The number of hydrogen-bond donors (Lipinski definition) is 5. The molecule has 0 aromatic carbocycles. The van der Waals surface area contributed by atoms with Gasteiger partial charge in [-0.05, 0) is 4.31 Å². The fourth-order valence-corrected chi connectivity index (χ4v) is 3.18. The maximum atomic E-state index is 10.7. The zero-order valence-electron chi connectivity index (χ0n) is 6.42. The molecule has 0 bridgehead atoms. The van der Waals surface area contributed by atoms with Crippen molar-refractivity contribution in [2.45, 2.75) is 0 Å². The van der Waals surface area contributed by atoms with Crippen LogP contribution in [-0.4, -0.2) is 36.2 Å². The van der Waals surface area contributed by atoms with Crippen molar-refractivity contribution in [3.63, 3.8) is 0 Å². The standard InChI is InChI=1S/C2H5O9P3/c3-2(1-13(6,7)8)14(9,10)11-12(4)5/h6-8H,1H2/p+2. The Balaban J connectivity index is 4.53. The van der Waals surface area contributed by atoms with Gasteiger partial charge in [-0.15, -0.1) is 4.89 Å². The first-order chi connectivity index (χ1) is 6.04. The Hall–Kier alpha value is 0.190. The lowest BCUT2D eigenvalue weighted by atomic mass is 10.9. The summed E-state index contributed by atoms with van der Waals surface area (Å²) in [5.41, 5.74) is -1.75. The van der Waals surface area contributed by atoms with Gasteiger partial charge in [0.05, 0.1) is 0 Å². The van der Waals surface area contributed by atoms with Crippen molar-refractivity contribution in [3.8, 4) is 0 Å². The normalized spacial score (nSPS) is 17.4. The molecule has 9 nitrogen and oxygen atoms in total. The van der Waals surface area contributed by atoms with Crippen molar-refractivity contribution in [1.29, 1.82) is 0 Å². The van der Waals surface area contributed by atoms with Gasteiger partial charge in [0.2, 0.25) is 6.16 Å². The molecule has 0 aliphatic rings. The molecule has 0 amide bonds. The van der Waals surface area contributed by atoms with Crippen LogP contribution >= 0.6 is 23.8 Å². The molecule has 0 rings (SSSR count). The molecule has 0 aromatic heterocycles. The van der Waals surface area contributed by atoms with E-state index in [1.54, 1.807) is 0 Å². The van der Waals surface area contributed by atoms with E-state index in [1.165, 1.54) is 0 Å². The third-order valence-corrected chi connectivity index (χ3v) is 4.04. The first-order valence-electron chi connectivity index (χ1n) is 2.83. The topological polar surface area (TPSA) is 162 Å². The molecule has 2 atom stereocenters. The fraction of sp³-hybridized carbons (Fsp3) is 0.500. The molecular weight excluding hydrogens is 261 g/mol. The minimum Gasteiger partial charge on any atom is -0.316 e. The molecule has 0 aliphatic heterocycles. The molecule has 0 heterocycles. The van der Waals surface area contributed by atoms with Gasteiger partial charge in [0, 0.05) is 4.57 Å². The van der Waals surface area contributed by atoms with Crippen LogP contribution in [0.5, 0.6) is 0 Å². The van der Waals surface area contributed by atoms with Gasteiger partial charge in [-0.2, -0.15) is 14.7 Å². The zero-order chi connectivity index (χ0) is 11.6. The zero-order valence-corrected chi connectivity index (χ0v) is 9.10. The summed E-state index contributed by atoms with van der Waals surface area (Å²) >= 11 is 0. The van der Waals surface area contributed by atoms with Crippen molar-refractivity contribution in [1.82, 2.24) is 0 Å². The molecule has 0 saturated carbocycles. The molecule has 2 unspecified atom stereocenters. The summed E-state index contributed by atoms with van der Waals surface area (Å²) in [4.78, 5) is 52.5. The van der Waals surface area contributed by atoms with E-state index in [1.807, 2.05) is 0 Å². The van der Waals surface area contributed by atoms with Crippen LogP contribution in [0.25, 0.3) is 0 Å². The molecule has 12 heteroatoms. The monoisotopic (exact) mass is 268 g/mol. The summed E-state index contributed by atoms with van der Waals surface area (Å²) < 4.78 is 24.1. The van der Waals surface area contributed by atoms with E-state index in [2.05, 4.69) is 4.31 Å². The Kier molecular flexibility index (Phi) is 4.87. The summed E-state index contributed by atoms with van der Waals surface area (Å²) in [7, 11) is -13.1. The van der Waals surface area contributed by atoms with Crippen LogP contribution in [0.2, 0.25) is 0 Å². The number of carbonyl (C=O) groups excluding carboxylic acids is 1. The van der Waals surface area contributed by atoms with Crippen LogP contribution in [0, 0.1) is 0 Å². The number of hydrogen-bond acceptors (Lipinski definition) is 7. The minimum atomic E-state index is -5.06. The Morgan fingerprint density at radius 2 is 1.86 bits per heavy atom. The van der Waals surface area contributed by atoms with Crippen molar-refractivity contribution >= 4 is 29.3 Å². The molecule has 5 N–H and O–H groups in total. The number of rotatable bonds is 5. The molecule has 14 heavy (non-hydrogen) atoms. The molecule has 0 radical (unpaired) electrons. The van der Waals surface area contributed by atoms with E-state index in [0.29, 0.717) is 0 Å². The maximum absolute atomic E-state index is 10.7. The van der Waals surface area contributed by atoms with Crippen LogP contribution in [0.1, 0.15) is 0 Å². The second kappa shape index (κ2) is 4.81.